The first kappa shape index (κ1) is 18.7. The summed E-state index contributed by atoms with van der Waals surface area (Å²) in [5, 5.41) is 2.63. The molecule has 140 valence electrons. The molecule has 0 radical (unpaired) electrons. The average Bonchev–Trinajstić information content (AvgIpc) is 3.28. The molecule has 1 amide bonds. The number of thiophene rings is 1. The normalized spacial score (nSPS) is 17.1. The van der Waals surface area contributed by atoms with E-state index in [0.717, 1.165) is 16.1 Å². The third-order valence-corrected chi connectivity index (χ3v) is 6.13. The number of carbonyl (C=O) groups excluding carboxylic acids is 1. The largest absolute Gasteiger partial charge is 0.281 e. The van der Waals surface area contributed by atoms with Gasteiger partial charge < -0.3 is 0 Å². The molecular formula is C22H17FN2OS2. The maximum absolute atomic E-state index is 13.5. The molecule has 0 atom stereocenters. The van der Waals surface area contributed by atoms with Crippen molar-refractivity contribution in [1.29, 1.82) is 0 Å². The number of halogens is 1. The lowest BCUT2D eigenvalue weighted by molar-refractivity contribution is -0.122. The Labute approximate surface area is 171 Å². The second-order valence-electron chi connectivity index (χ2n) is 6.32. The number of aliphatic imine (C=N–C) groups is 1. The number of benzene rings is 2. The fourth-order valence-corrected chi connectivity index (χ4v) is 4.51. The lowest BCUT2D eigenvalue weighted by atomic mass is 10.2. The first-order valence-electron chi connectivity index (χ1n) is 8.74. The molecule has 1 aliphatic rings. The van der Waals surface area contributed by atoms with Gasteiger partial charge in [0.25, 0.3) is 5.91 Å². The molecule has 2 heterocycles. The summed E-state index contributed by atoms with van der Waals surface area (Å²) in [7, 11) is 0. The van der Waals surface area contributed by atoms with Gasteiger partial charge in [0.05, 0.1) is 17.1 Å². The predicted molar refractivity (Wildman–Crippen MR) is 115 cm³/mol. The van der Waals surface area contributed by atoms with Crippen LogP contribution in [0.25, 0.3) is 6.08 Å². The maximum atomic E-state index is 13.5. The Bertz CT molecular complexity index is 1070. The van der Waals surface area contributed by atoms with Crippen LogP contribution in [0.2, 0.25) is 0 Å². The molecule has 1 fully saturated rings. The van der Waals surface area contributed by atoms with Gasteiger partial charge in [-0.3, -0.25) is 9.69 Å². The Kier molecular flexibility index (Phi) is 5.41. The number of hydrogen-bond donors (Lipinski definition) is 0. The van der Waals surface area contributed by atoms with E-state index in [2.05, 4.69) is 0 Å². The van der Waals surface area contributed by atoms with Gasteiger partial charge in [0, 0.05) is 4.88 Å². The van der Waals surface area contributed by atoms with E-state index in [4.69, 9.17) is 4.99 Å². The topological polar surface area (TPSA) is 32.7 Å². The van der Waals surface area contributed by atoms with Crippen LogP contribution in [-0.2, 0) is 11.3 Å². The molecular weight excluding hydrogens is 391 g/mol. The number of rotatable bonds is 4. The number of aryl methyl sites for hydroxylation is 1. The first-order valence-corrected chi connectivity index (χ1v) is 10.4. The standard InChI is InChI=1S/C22H17FN2OS2/c1-15-6-2-3-10-19(15)24-22-25(14-18-9-5-11-27-18)21(26)20(28-22)13-16-7-4-8-17(23)12-16/h2-13H,14H2,1H3/b20-13-,24-22?. The van der Waals surface area contributed by atoms with E-state index in [9.17, 15) is 9.18 Å². The number of para-hydroxylation sites is 1. The van der Waals surface area contributed by atoms with Crippen LogP contribution in [0.15, 0.2) is 75.9 Å². The second-order valence-corrected chi connectivity index (χ2v) is 8.36. The minimum absolute atomic E-state index is 0.116. The van der Waals surface area contributed by atoms with Gasteiger partial charge in [-0.05, 0) is 65.5 Å². The number of amidine groups is 1. The first-order chi connectivity index (χ1) is 13.6. The van der Waals surface area contributed by atoms with Crippen molar-refractivity contribution in [2.75, 3.05) is 0 Å². The van der Waals surface area contributed by atoms with E-state index in [1.54, 1.807) is 34.4 Å². The predicted octanol–water partition coefficient (Wildman–Crippen LogP) is 6.00. The fourth-order valence-electron chi connectivity index (χ4n) is 2.83. The molecule has 0 N–H and O–H groups in total. The number of thioether (sulfide) groups is 1. The Morgan fingerprint density at radius 3 is 2.71 bits per heavy atom. The highest BCUT2D eigenvalue weighted by Gasteiger charge is 2.33. The lowest BCUT2D eigenvalue weighted by Crippen LogP contribution is -2.28. The quantitative estimate of drug-likeness (QED) is 0.496. The number of carbonyl (C=O) groups is 1. The van der Waals surface area contributed by atoms with Crippen LogP contribution in [0.1, 0.15) is 16.0 Å². The summed E-state index contributed by atoms with van der Waals surface area (Å²) in [6.45, 7) is 2.46. The molecule has 0 spiro atoms. The van der Waals surface area contributed by atoms with Gasteiger partial charge >= 0.3 is 0 Å². The van der Waals surface area contributed by atoms with Crippen LogP contribution in [0.3, 0.4) is 0 Å². The smallest absolute Gasteiger partial charge is 0.267 e. The van der Waals surface area contributed by atoms with Gasteiger partial charge in [0.2, 0.25) is 0 Å². The second kappa shape index (κ2) is 8.12. The van der Waals surface area contributed by atoms with E-state index in [1.165, 1.54) is 23.9 Å². The summed E-state index contributed by atoms with van der Waals surface area (Å²) in [6, 6.07) is 18.0. The van der Waals surface area contributed by atoms with E-state index in [1.807, 2.05) is 48.7 Å². The van der Waals surface area contributed by atoms with Gasteiger partial charge in [-0.1, -0.05) is 36.4 Å². The minimum atomic E-state index is -0.325. The van der Waals surface area contributed by atoms with Crippen molar-refractivity contribution in [3.8, 4) is 0 Å². The Hall–Kier alpha value is -2.70. The molecule has 3 nitrogen and oxygen atoms in total. The Morgan fingerprint density at radius 2 is 1.96 bits per heavy atom. The number of amides is 1. The third-order valence-electron chi connectivity index (χ3n) is 4.26. The van der Waals surface area contributed by atoms with Crippen molar-refractivity contribution >= 4 is 45.9 Å². The summed E-state index contributed by atoms with van der Waals surface area (Å²) >= 11 is 2.93. The molecule has 0 unspecified atom stereocenters. The van der Waals surface area contributed by atoms with Gasteiger partial charge in [-0.2, -0.15) is 0 Å². The Morgan fingerprint density at radius 1 is 1.11 bits per heavy atom. The van der Waals surface area contributed by atoms with Gasteiger partial charge in [0.1, 0.15) is 5.82 Å². The lowest BCUT2D eigenvalue weighted by Gasteiger charge is -2.14. The zero-order chi connectivity index (χ0) is 19.5. The summed E-state index contributed by atoms with van der Waals surface area (Å²) < 4.78 is 13.5. The summed E-state index contributed by atoms with van der Waals surface area (Å²) in [4.78, 5) is 21.1. The molecule has 4 rings (SSSR count). The molecule has 0 saturated carbocycles. The van der Waals surface area contributed by atoms with E-state index >= 15 is 0 Å². The highest BCUT2D eigenvalue weighted by Crippen LogP contribution is 2.36. The number of hydrogen-bond acceptors (Lipinski definition) is 4. The van der Waals surface area contributed by atoms with E-state index in [0.29, 0.717) is 22.2 Å². The highest BCUT2D eigenvalue weighted by molar-refractivity contribution is 8.18. The van der Waals surface area contributed by atoms with E-state index in [-0.39, 0.29) is 11.7 Å². The van der Waals surface area contributed by atoms with Crippen LogP contribution in [-0.4, -0.2) is 16.0 Å². The van der Waals surface area contributed by atoms with Crippen LogP contribution >= 0.6 is 23.1 Å². The van der Waals surface area contributed by atoms with Crippen molar-refractivity contribution in [3.05, 3.63) is 92.8 Å². The third kappa shape index (κ3) is 4.08. The maximum Gasteiger partial charge on any atom is 0.267 e. The molecule has 0 bridgehead atoms. The Balaban J connectivity index is 1.72. The molecule has 1 aromatic heterocycles. The summed E-state index contributed by atoms with van der Waals surface area (Å²) in [6.07, 6.45) is 1.72. The molecule has 1 saturated heterocycles. The number of nitrogens with zero attached hydrogens (tertiary/aromatic N) is 2. The van der Waals surface area contributed by atoms with Crippen LogP contribution < -0.4 is 0 Å². The molecule has 6 heteroatoms. The molecule has 3 aromatic rings. The van der Waals surface area contributed by atoms with Gasteiger partial charge in [0.15, 0.2) is 5.17 Å². The van der Waals surface area contributed by atoms with Gasteiger partial charge in [-0.25, -0.2) is 9.38 Å². The van der Waals surface area contributed by atoms with E-state index < -0.39 is 0 Å². The highest BCUT2D eigenvalue weighted by atomic mass is 32.2. The monoisotopic (exact) mass is 408 g/mol. The molecule has 1 aliphatic heterocycles. The average molecular weight is 409 g/mol. The van der Waals surface area contributed by atoms with Crippen LogP contribution in [0.4, 0.5) is 10.1 Å². The molecule has 28 heavy (non-hydrogen) atoms. The zero-order valence-electron chi connectivity index (χ0n) is 15.1. The molecule has 0 aliphatic carbocycles. The van der Waals surface area contributed by atoms with Crippen molar-refractivity contribution in [1.82, 2.24) is 4.90 Å². The zero-order valence-corrected chi connectivity index (χ0v) is 16.8. The summed E-state index contributed by atoms with van der Waals surface area (Å²) in [5.74, 6) is -0.441. The fraction of sp³-hybridized carbons (Fsp3) is 0.0909. The van der Waals surface area contributed by atoms with Gasteiger partial charge in [-0.15, -0.1) is 11.3 Å². The van der Waals surface area contributed by atoms with Crippen molar-refractivity contribution < 1.29 is 9.18 Å². The molecule has 2 aromatic carbocycles. The summed E-state index contributed by atoms with van der Waals surface area (Å²) in [5.41, 5.74) is 2.53. The van der Waals surface area contributed by atoms with Crippen LogP contribution in [0.5, 0.6) is 0 Å². The minimum Gasteiger partial charge on any atom is -0.281 e. The van der Waals surface area contributed by atoms with Crippen molar-refractivity contribution in [3.63, 3.8) is 0 Å². The van der Waals surface area contributed by atoms with Crippen LogP contribution in [0, 0.1) is 12.7 Å². The van der Waals surface area contributed by atoms with Crippen molar-refractivity contribution in [2.45, 2.75) is 13.5 Å². The SMILES string of the molecule is Cc1ccccc1N=C1S/C(=C\c2cccc(F)c2)C(=O)N1Cc1cccs1. The van der Waals surface area contributed by atoms with Crippen molar-refractivity contribution in [2.24, 2.45) is 4.99 Å².